The van der Waals surface area contributed by atoms with Gasteiger partial charge in [-0.15, -0.1) is 0 Å². The number of carbonyl (C=O) groups is 2. The minimum atomic E-state index is -1.54. The number of amides is 1. The molecule has 0 spiro atoms. The maximum atomic E-state index is 13.0. The highest BCUT2D eigenvalue weighted by molar-refractivity contribution is 6.04. The van der Waals surface area contributed by atoms with Crippen molar-refractivity contribution in [2.45, 2.75) is 6.42 Å². The van der Waals surface area contributed by atoms with Crippen molar-refractivity contribution in [2.24, 2.45) is 0 Å². The minimum absolute atomic E-state index is 0.00656. The molecule has 0 atom stereocenters. The van der Waals surface area contributed by atoms with Gasteiger partial charge in [0.15, 0.2) is 11.6 Å². The summed E-state index contributed by atoms with van der Waals surface area (Å²) in [6, 6.07) is 2.72. The Morgan fingerprint density at radius 2 is 1.83 bits per heavy atom. The Bertz CT molecular complexity index is 538. The molecular weight excluding hydrogens is 246 g/mol. The van der Waals surface area contributed by atoms with E-state index in [9.17, 15) is 18.4 Å². The molecule has 5 nitrogen and oxygen atoms in total. The van der Waals surface area contributed by atoms with Gasteiger partial charge in [-0.2, -0.15) is 5.26 Å². The van der Waals surface area contributed by atoms with Crippen LogP contribution >= 0.6 is 0 Å². The van der Waals surface area contributed by atoms with Crippen LogP contribution < -0.4 is 5.32 Å². The molecule has 0 unspecified atom stereocenters. The van der Waals surface area contributed by atoms with Gasteiger partial charge in [-0.3, -0.25) is 4.79 Å². The number of carbonyl (C=O) groups excluding carboxylic acids is 1. The Labute approximate surface area is 101 Å². The van der Waals surface area contributed by atoms with Gasteiger partial charge in [0.25, 0.3) is 5.91 Å². The predicted molar refractivity (Wildman–Crippen MR) is 55.9 cm³/mol. The summed E-state index contributed by atoms with van der Waals surface area (Å²) in [5.41, 5.74) is -1.12. The van der Waals surface area contributed by atoms with Gasteiger partial charge in [0, 0.05) is 6.54 Å². The van der Waals surface area contributed by atoms with E-state index in [4.69, 9.17) is 10.4 Å². The molecule has 7 heteroatoms. The topological polar surface area (TPSA) is 90.2 Å². The third-order valence-corrected chi connectivity index (χ3v) is 2.06. The van der Waals surface area contributed by atoms with E-state index < -0.39 is 34.6 Å². The zero-order valence-electron chi connectivity index (χ0n) is 9.04. The van der Waals surface area contributed by atoms with Gasteiger partial charge in [-0.1, -0.05) is 0 Å². The highest BCUT2D eigenvalue weighted by Gasteiger charge is 2.20. The van der Waals surface area contributed by atoms with Crippen LogP contribution in [0, 0.1) is 23.0 Å². The van der Waals surface area contributed by atoms with Crippen LogP contribution in [0.25, 0.3) is 0 Å². The molecule has 0 saturated carbocycles. The third kappa shape index (κ3) is 3.01. The fraction of sp³-hybridized carbons (Fsp3) is 0.182. The SMILES string of the molecule is N#CCCNC(=O)c1cc(F)c(F)cc1C(=O)O. The molecule has 0 bridgehead atoms. The van der Waals surface area contributed by atoms with E-state index in [1.165, 1.54) is 0 Å². The number of benzene rings is 1. The Hall–Kier alpha value is -2.49. The number of nitriles is 1. The maximum Gasteiger partial charge on any atom is 0.336 e. The fourth-order valence-corrected chi connectivity index (χ4v) is 1.24. The number of hydrogen-bond donors (Lipinski definition) is 2. The molecule has 0 radical (unpaired) electrons. The molecule has 0 saturated heterocycles. The van der Waals surface area contributed by atoms with E-state index in [0.29, 0.717) is 12.1 Å². The van der Waals surface area contributed by atoms with Crippen molar-refractivity contribution in [2.75, 3.05) is 6.54 Å². The lowest BCUT2D eigenvalue weighted by Crippen LogP contribution is -2.26. The van der Waals surface area contributed by atoms with E-state index in [2.05, 4.69) is 5.32 Å². The first-order valence-electron chi connectivity index (χ1n) is 4.85. The van der Waals surface area contributed by atoms with E-state index in [1.54, 1.807) is 6.07 Å². The van der Waals surface area contributed by atoms with E-state index in [-0.39, 0.29) is 13.0 Å². The molecule has 94 valence electrons. The second-order valence-corrected chi connectivity index (χ2v) is 3.28. The van der Waals surface area contributed by atoms with Crippen molar-refractivity contribution in [3.63, 3.8) is 0 Å². The summed E-state index contributed by atoms with van der Waals surface area (Å²) in [5.74, 6) is -5.08. The van der Waals surface area contributed by atoms with Gasteiger partial charge in [0.2, 0.25) is 0 Å². The van der Waals surface area contributed by atoms with Crippen LogP contribution in [-0.2, 0) is 0 Å². The monoisotopic (exact) mass is 254 g/mol. The van der Waals surface area contributed by atoms with Crippen molar-refractivity contribution in [3.05, 3.63) is 34.9 Å². The first-order valence-corrected chi connectivity index (χ1v) is 4.85. The molecule has 0 aromatic heterocycles. The van der Waals surface area contributed by atoms with E-state index in [1.807, 2.05) is 0 Å². The zero-order valence-corrected chi connectivity index (χ0v) is 9.04. The normalized spacial score (nSPS) is 9.61. The Morgan fingerprint density at radius 3 is 2.33 bits per heavy atom. The van der Waals surface area contributed by atoms with Crippen molar-refractivity contribution in [3.8, 4) is 6.07 Å². The summed E-state index contributed by atoms with van der Waals surface area (Å²) in [6.45, 7) is -0.00656. The molecule has 18 heavy (non-hydrogen) atoms. The fourth-order valence-electron chi connectivity index (χ4n) is 1.24. The second kappa shape index (κ2) is 5.72. The van der Waals surface area contributed by atoms with Crippen LogP contribution in [0.5, 0.6) is 0 Å². The summed E-state index contributed by atoms with van der Waals surface area (Å²) in [5, 5.41) is 19.3. The van der Waals surface area contributed by atoms with Crippen molar-refractivity contribution in [1.82, 2.24) is 5.32 Å². The smallest absolute Gasteiger partial charge is 0.336 e. The van der Waals surface area contributed by atoms with Gasteiger partial charge in [0.05, 0.1) is 23.6 Å². The van der Waals surface area contributed by atoms with Crippen LogP contribution in [0.1, 0.15) is 27.1 Å². The standard InChI is InChI=1S/C11H8F2N2O3/c12-8-4-6(10(16)15-3-1-2-14)7(11(17)18)5-9(8)13/h4-5H,1,3H2,(H,15,16)(H,17,18). The summed E-state index contributed by atoms with van der Waals surface area (Å²) < 4.78 is 25.8. The average molecular weight is 254 g/mol. The van der Waals surface area contributed by atoms with Crippen LogP contribution in [0.15, 0.2) is 12.1 Å². The number of rotatable bonds is 4. The molecule has 1 amide bonds. The van der Waals surface area contributed by atoms with Gasteiger partial charge >= 0.3 is 5.97 Å². The van der Waals surface area contributed by atoms with Crippen molar-refractivity contribution < 1.29 is 23.5 Å². The predicted octanol–water partition coefficient (Wildman–Crippen LogP) is 1.31. The molecule has 1 aromatic rings. The Balaban J connectivity index is 3.07. The number of halogens is 2. The molecule has 1 aromatic carbocycles. The minimum Gasteiger partial charge on any atom is -0.478 e. The highest BCUT2D eigenvalue weighted by atomic mass is 19.2. The highest BCUT2D eigenvalue weighted by Crippen LogP contribution is 2.15. The number of carboxylic acids is 1. The zero-order chi connectivity index (χ0) is 13.7. The summed E-state index contributed by atoms with van der Waals surface area (Å²) in [6.07, 6.45) is 0.0256. The summed E-state index contributed by atoms with van der Waals surface area (Å²) >= 11 is 0. The first-order chi connectivity index (χ1) is 8.47. The lowest BCUT2D eigenvalue weighted by molar-refractivity contribution is 0.0690. The summed E-state index contributed by atoms with van der Waals surface area (Å²) in [4.78, 5) is 22.3. The van der Waals surface area contributed by atoms with Crippen molar-refractivity contribution in [1.29, 1.82) is 5.26 Å². The molecular formula is C11H8F2N2O3. The second-order valence-electron chi connectivity index (χ2n) is 3.28. The molecule has 0 aliphatic heterocycles. The van der Waals surface area contributed by atoms with Gasteiger partial charge < -0.3 is 10.4 Å². The Kier molecular flexibility index (Phi) is 4.32. The van der Waals surface area contributed by atoms with Crippen LogP contribution in [0.2, 0.25) is 0 Å². The molecule has 0 fully saturated rings. The van der Waals surface area contributed by atoms with Gasteiger partial charge in [-0.25, -0.2) is 13.6 Å². The summed E-state index contributed by atoms with van der Waals surface area (Å²) in [7, 11) is 0. The van der Waals surface area contributed by atoms with Crippen LogP contribution in [0.3, 0.4) is 0 Å². The largest absolute Gasteiger partial charge is 0.478 e. The van der Waals surface area contributed by atoms with E-state index >= 15 is 0 Å². The van der Waals surface area contributed by atoms with E-state index in [0.717, 1.165) is 0 Å². The third-order valence-electron chi connectivity index (χ3n) is 2.06. The number of nitrogens with one attached hydrogen (secondary N) is 1. The maximum absolute atomic E-state index is 13.0. The number of aromatic carboxylic acids is 1. The molecule has 0 aliphatic carbocycles. The van der Waals surface area contributed by atoms with Crippen molar-refractivity contribution >= 4 is 11.9 Å². The molecule has 0 aliphatic rings. The lowest BCUT2D eigenvalue weighted by Gasteiger charge is -2.07. The lowest BCUT2D eigenvalue weighted by atomic mass is 10.1. The molecule has 0 heterocycles. The average Bonchev–Trinajstić information content (AvgIpc) is 2.32. The number of carboxylic acid groups (broad SMARTS) is 1. The molecule has 1 rings (SSSR count). The van der Waals surface area contributed by atoms with Gasteiger partial charge in [0.1, 0.15) is 0 Å². The van der Waals surface area contributed by atoms with Crippen LogP contribution in [0.4, 0.5) is 8.78 Å². The quantitative estimate of drug-likeness (QED) is 0.792. The Morgan fingerprint density at radius 1 is 1.28 bits per heavy atom. The number of hydrogen-bond acceptors (Lipinski definition) is 3. The molecule has 2 N–H and O–H groups in total. The van der Waals surface area contributed by atoms with Crippen LogP contribution in [-0.4, -0.2) is 23.5 Å². The van der Waals surface area contributed by atoms with Gasteiger partial charge in [-0.05, 0) is 12.1 Å². The number of nitrogens with zero attached hydrogens (tertiary/aromatic N) is 1. The first kappa shape index (κ1) is 13.6.